The van der Waals surface area contributed by atoms with Gasteiger partial charge in [0.25, 0.3) is 0 Å². The summed E-state index contributed by atoms with van der Waals surface area (Å²) in [7, 11) is 5.00. The molecule has 5 nitrogen and oxygen atoms in total. The number of nitriles is 1. The summed E-state index contributed by atoms with van der Waals surface area (Å²) in [6, 6.07) is 8.50. The van der Waals surface area contributed by atoms with Crippen LogP contribution in [0.1, 0.15) is 56.9 Å². The Labute approximate surface area is 156 Å². The lowest BCUT2D eigenvalue weighted by Gasteiger charge is -2.41. The number of nitrogens with zero attached hydrogens (tertiary/aromatic N) is 1. The van der Waals surface area contributed by atoms with Gasteiger partial charge in [-0.05, 0) is 56.2 Å². The van der Waals surface area contributed by atoms with Gasteiger partial charge in [-0.3, -0.25) is 0 Å². The zero-order valence-electron chi connectivity index (χ0n) is 16.0. The lowest BCUT2D eigenvalue weighted by Crippen LogP contribution is -2.43. The van der Waals surface area contributed by atoms with Crippen molar-refractivity contribution in [3.8, 4) is 17.6 Å². The van der Waals surface area contributed by atoms with Crippen LogP contribution in [0.2, 0.25) is 0 Å². The van der Waals surface area contributed by atoms with Gasteiger partial charge in [-0.2, -0.15) is 5.26 Å². The van der Waals surface area contributed by atoms with Crippen molar-refractivity contribution in [2.45, 2.75) is 68.7 Å². The van der Waals surface area contributed by atoms with Crippen LogP contribution in [0, 0.1) is 11.3 Å². The van der Waals surface area contributed by atoms with Gasteiger partial charge in [0.05, 0.1) is 24.7 Å². The van der Waals surface area contributed by atoms with Crippen molar-refractivity contribution in [1.29, 1.82) is 5.26 Å². The van der Waals surface area contributed by atoms with E-state index in [0.29, 0.717) is 25.7 Å². The molecule has 1 aromatic rings. The van der Waals surface area contributed by atoms with E-state index < -0.39 is 11.2 Å². The Kier molecular flexibility index (Phi) is 5.74. The van der Waals surface area contributed by atoms with Gasteiger partial charge >= 0.3 is 0 Å². The molecule has 3 rings (SSSR count). The summed E-state index contributed by atoms with van der Waals surface area (Å²) in [5.41, 5.74) is 0.454. The Bertz CT molecular complexity index is 646. The van der Waals surface area contributed by atoms with Crippen LogP contribution in [0.15, 0.2) is 18.2 Å². The van der Waals surface area contributed by atoms with Gasteiger partial charge in [0.15, 0.2) is 17.3 Å². The molecule has 0 bridgehead atoms. The summed E-state index contributed by atoms with van der Waals surface area (Å²) in [5, 5.41) is 10.0. The molecule has 0 aromatic heterocycles. The molecule has 0 N–H and O–H groups in total. The molecule has 1 aromatic carbocycles. The molecule has 5 heteroatoms. The molecule has 0 spiro atoms. The second kappa shape index (κ2) is 7.85. The van der Waals surface area contributed by atoms with Gasteiger partial charge in [-0.1, -0.05) is 6.07 Å². The highest BCUT2D eigenvalue weighted by Crippen LogP contribution is 2.46. The first-order valence-electron chi connectivity index (χ1n) is 9.47. The molecule has 0 atom stereocenters. The monoisotopic (exact) mass is 359 g/mol. The van der Waals surface area contributed by atoms with Crippen LogP contribution in [-0.4, -0.2) is 33.2 Å². The maximum atomic E-state index is 10.0. The smallest absolute Gasteiger partial charge is 0.167 e. The fourth-order valence-electron chi connectivity index (χ4n) is 4.27. The Morgan fingerprint density at radius 3 is 2.15 bits per heavy atom. The molecule has 2 saturated carbocycles. The largest absolute Gasteiger partial charge is 0.493 e. The van der Waals surface area contributed by atoms with E-state index in [1.807, 2.05) is 18.2 Å². The van der Waals surface area contributed by atoms with Crippen LogP contribution in [0.5, 0.6) is 11.5 Å². The fraction of sp³-hybridized carbons (Fsp3) is 0.667. The molecule has 0 unspecified atom stereocenters. The topological polar surface area (TPSA) is 60.7 Å². The van der Waals surface area contributed by atoms with Crippen molar-refractivity contribution in [2.75, 3.05) is 21.3 Å². The highest BCUT2D eigenvalue weighted by atomic mass is 16.7. The minimum atomic E-state index is -0.573. The zero-order valence-corrected chi connectivity index (χ0v) is 16.0. The first kappa shape index (κ1) is 19.0. The summed E-state index contributed by atoms with van der Waals surface area (Å²) in [4.78, 5) is 0. The molecule has 142 valence electrons. The predicted octanol–water partition coefficient (Wildman–Crippen LogP) is 4.34. The molecular weight excluding hydrogens is 330 g/mol. The minimum absolute atomic E-state index is 0.248. The molecular formula is C21H29NO4. The molecule has 0 saturated heterocycles. The third kappa shape index (κ3) is 3.54. The molecule has 26 heavy (non-hydrogen) atoms. The van der Waals surface area contributed by atoms with Crippen molar-refractivity contribution >= 4 is 0 Å². The summed E-state index contributed by atoms with van der Waals surface area (Å²) >= 11 is 0. The Morgan fingerprint density at radius 2 is 1.62 bits per heavy atom. The summed E-state index contributed by atoms with van der Waals surface area (Å²) in [6.07, 6.45) is 7.62. The van der Waals surface area contributed by atoms with Crippen LogP contribution in [-0.2, 0) is 14.9 Å². The Morgan fingerprint density at radius 1 is 0.962 bits per heavy atom. The predicted molar refractivity (Wildman–Crippen MR) is 98.4 cm³/mol. The first-order chi connectivity index (χ1) is 12.6. The molecule has 0 heterocycles. The second-order valence-electron chi connectivity index (χ2n) is 7.40. The van der Waals surface area contributed by atoms with Crippen molar-refractivity contribution in [3.63, 3.8) is 0 Å². The number of ether oxygens (including phenoxy) is 4. The third-order valence-corrected chi connectivity index (χ3v) is 6.14. The fourth-order valence-corrected chi connectivity index (χ4v) is 4.27. The molecule has 0 amide bonds. The second-order valence-corrected chi connectivity index (χ2v) is 7.40. The van der Waals surface area contributed by atoms with Crippen LogP contribution in [0.3, 0.4) is 0 Å². The van der Waals surface area contributed by atoms with Crippen LogP contribution in [0.25, 0.3) is 0 Å². The quantitative estimate of drug-likeness (QED) is 0.707. The van der Waals surface area contributed by atoms with E-state index in [2.05, 4.69) is 6.07 Å². The van der Waals surface area contributed by atoms with E-state index in [1.165, 1.54) is 12.8 Å². The van der Waals surface area contributed by atoms with Gasteiger partial charge in [-0.15, -0.1) is 0 Å². The molecule has 2 fully saturated rings. The highest BCUT2D eigenvalue weighted by molar-refractivity contribution is 5.47. The van der Waals surface area contributed by atoms with Crippen molar-refractivity contribution in [3.05, 3.63) is 23.8 Å². The van der Waals surface area contributed by atoms with Gasteiger partial charge in [0, 0.05) is 27.1 Å². The Hall–Kier alpha value is -1.77. The van der Waals surface area contributed by atoms with Crippen molar-refractivity contribution in [2.24, 2.45) is 0 Å². The minimum Gasteiger partial charge on any atom is -0.493 e. The summed E-state index contributed by atoms with van der Waals surface area (Å²) in [6.45, 7) is 0. The lowest BCUT2D eigenvalue weighted by atomic mass is 9.68. The number of benzene rings is 1. The Balaban J connectivity index is 1.86. The normalized spacial score (nSPS) is 21.9. The van der Waals surface area contributed by atoms with Crippen LogP contribution < -0.4 is 9.47 Å². The summed E-state index contributed by atoms with van der Waals surface area (Å²) < 4.78 is 22.9. The molecule has 0 radical (unpaired) electrons. The average Bonchev–Trinajstić information content (AvgIpc) is 3.21. The number of hydrogen-bond donors (Lipinski definition) is 0. The standard InChI is InChI=1S/C21H29NO4/c1-23-18-9-8-16(14-19(18)26-17-6-4-5-7-17)20(15-22)10-12-21(24-2,25-3)13-11-20/h8-9,14,17H,4-7,10-13H2,1-3H3. The summed E-state index contributed by atoms with van der Waals surface area (Å²) in [5.74, 6) is 0.908. The van der Waals surface area contributed by atoms with Gasteiger partial charge in [0.2, 0.25) is 0 Å². The van der Waals surface area contributed by atoms with E-state index in [-0.39, 0.29) is 6.10 Å². The van der Waals surface area contributed by atoms with Crippen LogP contribution >= 0.6 is 0 Å². The highest BCUT2D eigenvalue weighted by Gasteiger charge is 2.45. The molecule has 0 aliphatic heterocycles. The zero-order chi connectivity index (χ0) is 18.6. The molecule has 2 aliphatic rings. The third-order valence-electron chi connectivity index (χ3n) is 6.14. The number of hydrogen-bond acceptors (Lipinski definition) is 5. The van der Waals surface area contributed by atoms with E-state index in [1.54, 1.807) is 21.3 Å². The van der Waals surface area contributed by atoms with E-state index in [0.717, 1.165) is 29.9 Å². The molecule has 2 aliphatic carbocycles. The van der Waals surface area contributed by atoms with E-state index in [4.69, 9.17) is 18.9 Å². The SMILES string of the molecule is COc1ccc(C2(C#N)CCC(OC)(OC)CC2)cc1OC1CCCC1. The first-order valence-corrected chi connectivity index (χ1v) is 9.47. The maximum absolute atomic E-state index is 10.0. The van der Waals surface area contributed by atoms with Gasteiger partial charge in [-0.25, -0.2) is 0 Å². The van der Waals surface area contributed by atoms with Crippen molar-refractivity contribution < 1.29 is 18.9 Å². The average molecular weight is 359 g/mol. The lowest BCUT2D eigenvalue weighted by molar-refractivity contribution is -0.227. The number of rotatable bonds is 6. The van der Waals surface area contributed by atoms with Gasteiger partial charge in [0.1, 0.15) is 0 Å². The van der Waals surface area contributed by atoms with E-state index >= 15 is 0 Å². The van der Waals surface area contributed by atoms with Gasteiger partial charge < -0.3 is 18.9 Å². The van der Waals surface area contributed by atoms with E-state index in [9.17, 15) is 5.26 Å². The van der Waals surface area contributed by atoms with Crippen LogP contribution in [0.4, 0.5) is 0 Å². The number of methoxy groups -OCH3 is 3. The maximum Gasteiger partial charge on any atom is 0.167 e. The van der Waals surface area contributed by atoms with Crippen molar-refractivity contribution in [1.82, 2.24) is 0 Å².